The molecule has 0 fully saturated rings. The smallest absolute Gasteiger partial charge is 0.133 e. The summed E-state index contributed by atoms with van der Waals surface area (Å²) in [5.74, 6) is 0.953. The molecule has 1 aliphatic carbocycles. The molecule has 1 heterocycles. The molecule has 15 heavy (non-hydrogen) atoms. The van der Waals surface area contributed by atoms with E-state index in [0.29, 0.717) is 6.61 Å². The lowest BCUT2D eigenvalue weighted by Gasteiger charge is -2.03. The molecule has 2 nitrogen and oxygen atoms in total. The Morgan fingerprint density at radius 1 is 1.13 bits per heavy atom. The van der Waals surface area contributed by atoms with Gasteiger partial charge in [-0.3, -0.25) is 0 Å². The molecule has 0 aromatic heterocycles. The molecule has 0 unspecified atom stereocenters. The first-order valence-electron chi connectivity index (χ1n) is 5.47. The Morgan fingerprint density at radius 3 is 2.93 bits per heavy atom. The lowest BCUT2D eigenvalue weighted by atomic mass is 10.1. The summed E-state index contributed by atoms with van der Waals surface area (Å²) in [6.45, 7) is 0.298. The average Bonchev–Trinajstić information content (AvgIpc) is 2.71. The van der Waals surface area contributed by atoms with Crippen LogP contribution in [0.1, 0.15) is 24.8 Å². The van der Waals surface area contributed by atoms with Crippen molar-refractivity contribution in [2.45, 2.75) is 25.7 Å². The van der Waals surface area contributed by atoms with Gasteiger partial charge < -0.3 is 9.52 Å². The van der Waals surface area contributed by atoms with E-state index in [0.717, 1.165) is 31.4 Å². The summed E-state index contributed by atoms with van der Waals surface area (Å²) < 4.78 is 5.49. The molecule has 2 rings (SSSR count). The van der Waals surface area contributed by atoms with Gasteiger partial charge in [-0.25, -0.2) is 0 Å². The Bertz CT molecular complexity index is 378. The Kier molecular flexibility index (Phi) is 3.41. The van der Waals surface area contributed by atoms with Gasteiger partial charge in [0.05, 0.1) is 6.26 Å². The van der Waals surface area contributed by atoms with Gasteiger partial charge in [-0.2, -0.15) is 0 Å². The third-order valence-electron chi connectivity index (χ3n) is 2.61. The van der Waals surface area contributed by atoms with E-state index >= 15 is 0 Å². The number of unbranched alkanes of at least 4 members (excludes halogenated alkanes) is 2. The van der Waals surface area contributed by atoms with E-state index < -0.39 is 0 Å². The fourth-order valence-electron chi connectivity index (χ4n) is 1.77. The van der Waals surface area contributed by atoms with Gasteiger partial charge in [-0.05, 0) is 37.0 Å². The van der Waals surface area contributed by atoms with Gasteiger partial charge in [-0.1, -0.05) is 18.6 Å². The summed E-state index contributed by atoms with van der Waals surface area (Å²) in [7, 11) is 0. The Morgan fingerprint density at radius 2 is 2.07 bits per heavy atom. The predicted molar refractivity (Wildman–Crippen MR) is 60.0 cm³/mol. The van der Waals surface area contributed by atoms with Crippen molar-refractivity contribution >= 4 is 0 Å². The van der Waals surface area contributed by atoms with Crippen molar-refractivity contribution in [3.05, 3.63) is 36.1 Å². The number of aliphatic hydroxyl groups is 1. The highest BCUT2D eigenvalue weighted by atomic mass is 16.3. The van der Waals surface area contributed by atoms with E-state index in [2.05, 4.69) is 12.1 Å². The second-order valence-corrected chi connectivity index (χ2v) is 3.83. The number of rotatable bonds is 5. The fraction of sp³-hybridized carbons (Fsp3) is 0.385. The molecule has 0 amide bonds. The van der Waals surface area contributed by atoms with E-state index in [1.807, 2.05) is 18.4 Å². The highest BCUT2D eigenvalue weighted by Crippen LogP contribution is 2.24. The first kappa shape index (κ1) is 10.2. The zero-order chi connectivity index (χ0) is 10.5. The Balaban J connectivity index is 1.94. The van der Waals surface area contributed by atoms with Gasteiger partial charge in [0.1, 0.15) is 5.76 Å². The van der Waals surface area contributed by atoms with Gasteiger partial charge >= 0.3 is 0 Å². The molecule has 0 saturated heterocycles. The third kappa shape index (κ3) is 2.60. The van der Waals surface area contributed by atoms with Crippen molar-refractivity contribution in [2.24, 2.45) is 0 Å². The van der Waals surface area contributed by atoms with Crippen molar-refractivity contribution in [1.82, 2.24) is 0 Å². The van der Waals surface area contributed by atoms with Gasteiger partial charge in [0, 0.05) is 12.2 Å². The van der Waals surface area contributed by atoms with Crippen LogP contribution in [-0.2, 0) is 6.42 Å². The minimum absolute atomic E-state index is 0.298. The molecular formula is C13H16O2. The highest BCUT2D eigenvalue weighted by molar-refractivity contribution is 5.60. The van der Waals surface area contributed by atoms with Crippen LogP contribution in [0.5, 0.6) is 0 Å². The number of fused-ring (bicyclic) bond motifs is 1. The minimum atomic E-state index is 0.298. The van der Waals surface area contributed by atoms with E-state index in [1.54, 1.807) is 0 Å². The zero-order valence-electron chi connectivity index (χ0n) is 8.78. The van der Waals surface area contributed by atoms with Gasteiger partial charge in [0.2, 0.25) is 0 Å². The normalized spacial score (nSPS) is 11.0. The maximum absolute atomic E-state index is 8.66. The van der Waals surface area contributed by atoms with Crippen LogP contribution < -0.4 is 0 Å². The number of aryl methyl sites for hydroxylation is 1. The molecule has 0 saturated carbocycles. The van der Waals surface area contributed by atoms with E-state index in [9.17, 15) is 0 Å². The summed E-state index contributed by atoms with van der Waals surface area (Å²) >= 11 is 0. The van der Waals surface area contributed by atoms with Gasteiger partial charge in [0.25, 0.3) is 0 Å². The monoisotopic (exact) mass is 204 g/mol. The molecule has 0 aromatic carbocycles. The van der Waals surface area contributed by atoms with Crippen LogP contribution in [0.3, 0.4) is 0 Å². The first-order chi connectivity index (χ1) is 7.40. The van der Waals surface area contributed by atoms with Crippen LogP contribution in [0.15, 0.2) is 34.9 Å². The summed E-state index contributed by atoms with van der Waals surface area (Å²) in [5.41, 5.74) is 2.42. The molecular weight excluding hydrogens is 188 g/mol. The molecule has 2 aliphatic rings. The lowest BCUT2D eigenvalue weighted by molar-refractivity contribution is 0.283. The van der Waals surface area contributed by atoms with Crippen LogP contribution in [0.25, 0.3) is 11.3 Å². The third-order valence-corrected chi connectivity index (χ3v) is 2.61. The largest absolute Gasteiger partial charge is 0.464 e. The summed E-state index contributed by atoms with van der Waals surface area (Å²) in [4.78, 5) is 0. The maximum Gasteiger partial charge on any atom is 0.133 e. The van der Waals surface area contributed by atoms with Crippen molar-refractivity contribution in [1.29, 1.82) is 0 Å². The van der Waals surface area contributed by atoms with Crippen LogP contribution in [0, 0.1) is 0 Å². The van der Waals surface area contributed by atoms with Crippen LogP contribution in [0.4, 0.5) is 0 Å². The van der Waals surface area contributed by atoms with Crippen LogP contribution in [-0.4, -0.2) is 11.7 Å². The van der Waals surface area contributed by atoms with Crippen LogP contribution >= 0.6 is 0 Å². The summed E-state index contributed by atoms with van der Waals surface area (Å²) in [6.07, 6.45) is 5.96. The second-order valence-electron chi connectivity index (χ2n) is 3.83. The molecule has 1 aliphatic heterocycles. The lowest BCUT2D eigenvalue weighted by Crippen LogP contribution is -1.88. The first-order valence-corrected chi connectivity index (χ1v) is 5.47. The van der Waals surface area contributed by atoms with Crippen LogP contribution in [0.2, 0.25) is 0 Å². The maximum atomic E-state index is 8.66. The zero-order valence-corrected chi connectivity index (χ0v) is 8.78. The quantitative estimate of drug-likeness (QED) is 0.759. The molecule has 0 aromatic rings. The molecule has 0 radical (unpaired) electrons. The number of aliphatic hydroxyl groups excluding tert-OH is 1. The van der Waals surface area contributed by atoms with Crippen molar-refractivity contribution in [3.8, 4) is 11.3 Å². The Hall–Kier alpha value is -1.28. The molecule has 1 N–H and O–H groups in total. The minimum Gasteiger partial charge on any atom is -0.464 e. The second kappa shape index (κ2) is 4.99. The van der Waals surface area contributed by atoms with Crippen molar-refractivity contribution in [3.63, 3.8) is 0 Å². The summed E-state index contributed by atoms with van der Waals surface area (Å²) in [5, 5.41) is 8.66. The SMILES string of the molecule is OCCCCCc1coc2cccc-2c1. The van der Waals surface area contributed by atoms with Crippen molar-refractivity contribution in [2.75, 3.05) is 6.61 Å². The van der Waals surface area contributed by atoms with Gasteiger partial charge in [0.15, 0.2) is 0 Å². The number of hydrogen-bond acceptors (Lipinski definition) is 2. The van der Waals surface area contributed by atoms with E-state index in [4.69, 9.17) is 9.52 Å². The average molecular weight is 204 g/mol. The Labute approximate surface area is 89.9 Å². The molecule has 0 spiro atoms. The van der Waals surface area contributed by atoms with Crippen molar-refractivity contribution < 1.29 is 9.52 Å². The highest BCUT2D eigenvalue weighted by Gasteiger charge is 2.04. The molecule has 2 heteroatoms. The topological polar surface area (TPSA) is 33.4 Å². The standard InChI is InChI=1S/C13H16O2/c14-8-3-1-2-5-11-9-12-6-4-7-13(12)15-10-11/h4,6-7,9-10,14H,1-3,5,8H2. The molecule has 80 valence electrons. The molecule has 0 atom stereocenters. The van der Waals surface area contributed by atoms with E-state index in [-0.39, 0.29) is 0 Å². The summed E-state index contributed by atoms with van der Waals surface area (Å²) in [6, 6.07) is 8.22. The van der Waals surface area contributed by atoms with Gasteiger partial charge in [-0.15, -0.1) is 0 Å². The predicted octanol–water partition coefficient (Wildman–Crippen LogP) is 3.09. The van der Waals surface area contributed by atoms with E-state index in [1.165, 1.54) is 11.1 Å². The number of hydrogen-bond donors (Lipinski definition) is 1. The fourth-order valence-corrected chi connectivity index (χ4v) is 1.77. The molecule has 0 bridgehead atoms.